The van der Waals surface area contributed by atoms with Gasteiger partial charge in [-0.2, -0.15) is 0 Å². The Labute approximate surface area is 75.7 Å². The molecule has 0 aromatic rings. The van der Waals surface area contributed by atoms with E-state index in [0.717, 1.165) is 7.11 Å². The van der Waals surface area contributed by atoms with Gasteiger partial charge >= 0.3 is 12.0 Å². The van der Waals surface area contributed by atoms with Crippen LogP contribution in [0.4, 0.5) is 0 Å². The molecule has 0 aliphatic rings. The molecule has 13 heavy (non-hydrogen) atoms. The summed E-state index contributed by atoms with van der Waals surface area (Å²) in [5.41, 5.74) is 0. The topological polar surface area (TPSA) is 89.7 Å². The van der Waals surface area contributed by atoms with Gasteiger partial charge in [-0.25, -0.2) is 4.79 Å². The Balaban J connectivity index is 4.11. The standard InChI is InChI=1S/C7H13NO5/c1-5(9)3-4-6(8(11)12)7(10)13-2/h5-6,9H,3-4H2,1-2H3. The highest BCUT2D eigenvalue weighted by molar-refractivity contribution is 5.74. The highest BCUT2D eigenvalue weighted by Gasteiger charge is 2.30. The van der Waals surface area contributed by atoms with Gasteiger partial charge in [-0.15, -0.1) is 0 Å². The SMILES string of the molecule is COC(=O)C(CCC(C)O)[N+](=O)[O-]. The summed E-state index contributed by atoms with van der Waals surface area (Å²) in [7, 11) is 1.10. The number of rotatable bonds is 5. The maximum Gasteiger partial charge on any atom is 0.381 e. The fourth-order valence-corrected chi connectivity index (χ4v) is 0.844. The van der Waals surface area contributed by atoms with E-state index in [0.29, 0.717) is 0 Å². The fraction of sp³-hybridized carbons (Fsp3) is 0.857. The molecule has 2 unspecified atom stereocenters. The molecule has 0 spiro atoms. The lowest BCUT2D eigenvalue weighted by molar-refractivity contribution is -0.511. The van der Waals surface area contributed by atoms with Crippen LogP contribution in [0.2, 0.25) is 0 Å². The van der Waals surface area contributed by atoms with Gasteiger partial charge in [0.2, 0.25) is 0 Å². The third-order valence-corrected chi connectivity index (χ3v) is 1.59. The van der Waals surface area contributed by atoms with E-state index < -0.39 is 23.0 Å². The minimum absolute atomic E-state index is 0.00264. The molecule has 6 nitrogen and oxygen atoms in total. The second-order valence-corrected chi connectivity index (χ2v) is 2.75. The van der Waals surface area contributed by atoms with Crippen molar-refractivity contribution in [3.8, 4) is 0 Å². The summed E-state index contributed by atoms with van der Waals surface area (Å²) in [5.74, 6) is -0.870. The van der Waals surface area contributed by atoms with Gasteiger partial charge in [0.1, 0.15) is 0 Å². The molecule has 1 N–H and O–H groups in total. The van der Waals surface area contributed by atoms with Crippen molar-refractivity contribution in [1.29, 1.82) is 0 Å². The number of carbonyl (C=O) groups excluding carboxylic acids is 1. The summed E-state index contributed by atoms with van der Waals surface area (Å²) < 4.78 is 4.24. The number of methoxy groups -OCH3 is 1. The van der Waals surface area contributed by atoms with Crippen LogP contribution in [-0.4, -0.2) is 35.3 Å². The zero-order valence-corrected chi connectivity index (χ0v) is 7.60. The number of carbonyl (C=O) groups is 1. The van der Waals surface area contributed by atoms with Crippen molar-refractivity contribution < 1.29 is 19.6 Å². The molecular weight excluding hydrogens is 178 g/mol. The van der Waals surface area contributed by atoms with E-state index in [-0.39, 0.29) is 12.8 Å². The molecule has 6 heteroatoms. The second-order valence-electron chi connectivity index (χ2n) is 2.75. The quantitative estimate of drug-likeness (QED) is 0.374. The first kappa shape index (κ1) is 11.8. The Morgan fingerprint density at radius 1 is 1.62 bits per heavy atom. The highest BCUT2D eigenvalue weighted by Crippen LogP contribution is 2.05. The molecule has 0 fully saturated rings. The van der Waals surface area contributed by atoms with Crippen LogP contribution >= 0.6 is 0 Å². The maximum atomic E-state index is 10.8. The van der Waals surface area contributed by atoms with Crippen LogP contribution in [0.3, 0.4) is 0 Å². The Morgan fingerprint density at radius 2 is 2.15 bits per heavy atom. The molecule has 0 aliphatic heterocycles. The average Bonchev–Trinajstić information content (AvgIpc) is 2.03. The molecule has 0 radical (unpaired) electrons. The van der Waals surface area contributed by atoms with Crippen LogP contribution in [0, 0.1) is 10.1 Å². The summed E-state index contributed by atoms with van der Waals surface area (Å²) in [4.78, 5) is 20.5. The lowest BCUT2D eigenvalue weighted by Gasteiger charge is -2.07. The van der Waals surface area contributed by atoms with Crippen molar-refractivity contribution in [2.24, 2.45) is 0 Å². The van der Waals surface area contributed by atoms with E-state index >= 15 is 0 Å². The van der Waals surface area contributed by atoms with Crippen molar-refractivity contribution in [3.05, 3.63) is 10.1 Å². The van der Waals surface area contributed by atoms with E-state index in [2.05, 4.69) is 4.74 Å². The van der Waals surface area contributed by atoms with Crippen LogP contribution < -0.4 is 0 Å². The largest absolute Gasteiger partial charge is 0.464 e. The summed E-state index contributed by atoms with van der Waals surface area (Å²) >= 11 is 0. The number of aliphatic hydroxyl groups is 1. The van der Waals surface area contributed by atoms with E-state index in [4.69, 9.17) is 5.11 Å². The predicted molar refractivity (Wildman–Crippen MR) is 43.7 cm³/mol. The van der Waals surface area contributed by atoms with Crippen LogP contribution in [-0.2, 0) is 9.53 Å². The first-order valence-corrected chi connectivity index (χ1v) is 3.88. The van der Waals surface area contributed by atoms with Gasteiger partial charge in [0.15, 0.2) is 0 Å². The zero-order valence-electron chi connectivity index (χ0n) is 7.60. The maximum absolute atomic E-state index is 10.8. The molecule has 0 heterocycles. The molecule has 0 aliphatic carbocycles. The molecule has 2 atom stereocenters. The van der Waals surface area contributed by atoms with Crippen LogP contribution in [0.1, 0.15) is 19.8 Å². The molecule has 0 aromatic carbocycles. The number of nitrogens with zero attached hydrogens (tertiary/aromatic N) is 1. The lowest BCUT2D eigenvalue weighted by atomic mass is 10.1. The molecule has 76 valence electrons. The Bertz CT molecular complexity index is 191. The predicted octanol–water partition coefficient (Wildman–Crippen LogP) is -0.0343. The van der Waals surface area contributed by atoms with E-state index in [1.165, 1.54) is 6.92 Å². The number of hydrogen-bond acceptors (Lipinski definition) is 5. The first-order chi connectivity index (χ1) is 5.99. The number of ether oxygens (including phenoxy) is 1. The van der Waals surface area contributed by atoms with Crippen LogP contribution in [0.15, 0.2) is 0 Å². The summed E-state index contributed by atoms with van der Waals surface area (Å²) in [5, 5.41) is 19.2. The van der Waals surface area contributed by atoms with Crippen molar-refractivity contribution in [1.82, 2.24) is 0 Å². The molecule has 0 saturated heterocycles. The van der Waals surface area contributed by atoms with Crippen molar-refractivity contribution in [2.75, 3.05) is 7.11 Å². The van der Waals surface area contributed by atoms with Gasteiger partial charge in [-0.1, -0.05) is 0 Å². The van der Waals surface area contributed by atoms with Gasteiger partial charge in [-0.3, -0.25) is 10.1 Å². The van der Waals surface area contributed by atoms with Crippen LogP contribution in [0.5, 0.6) is 0 Å². The summed E-state index contributed by atoms with van der Waals surface area (Å²) in [6.45, 7) is 1.51. The third kappa shape index (κ3) is 4.41. The lowest BCUT2D eigenvalue weighted by Crippen LogP contribution is -2.31. The Morgan fingerprint density at radius 3 is 2.46 bits per heavy atom. The van der Waals surface area contributed by atoms with Gasteiger partial charge in [0.05, 0.1) is 13.2 Å². The van der Waals surface area contributed by atoms with E-state index in [9.17, 15) is 14.9 Å². The fourth-order valence-electron chi connectivity index (χ4n) is 0.844. The average molecular weight is 191 g/mol. The monoisotopic (exact) mass is 191 g/mol. The third-order valence-electron chi connectivity index (χ3n) is 1.59. The van der Waals surface area contributed by atoms with Gasteiger partial charge in [-0.05, 0) is 13.3 Å². The highest BCUT2D eigenvalue weighted by atomic mass is 16.6. The Hall–Kier alpha value is -1.17. The Kier molecular flexibility index (Phi) is 4.98. The van der Waals surface area contributed by atoms with E-state index in [1.54, 1.807) is 0 Å². The molecule has 0 rings (SSSR count). The van der Waals surface area contributed by atoms with Crippen molar-refractivity contribution in [2.45, 2.75) is 31.9 Å². The summed E-state index contributed by atoms with van der Waals surface area (Å²) in [6.07, 6.45) is -0.440. The molecular formula is C7H13NO5. The minimum atomic E-state index is -1.36. The van der Waals surface area contributed by atoms with Crippen LogP contribution in [0.25, 0.3) is 0 Å². The van der Waals surface area contributed by atoms with Crippen molar-refractivity contribution in [3.63, 3.8) is 0 Å². The molecule has 0 amide bonds. The molecule has 0 bridgehead atoms. The number of esters is 1. The smallest absolute Gasteiger partial charge is 0.381 e. The number of aliphatic hydroxyl groups excluding tert-OH is 1. The first-order valence-electron chi connectivity index (χ1n) is 3.88. The van der Waals surface area contributed by atoms with Crippen molar-refractivity contribution >= 4 is 5.97 Å². The normalized spacial score (nSPS) is 14.7. The van der Waals surface area contributed by atoms with Gasteiger partial charge in [0.25, 0.3) is 0 Å². The molecule has 0 aromatic heterocycles. The van der Waals surface area contributed by atoms with Gasteiger partial charge < -0.3 is 9.84 Å². The van der Waals surface area contributed by atoms with E-state index in [1.807, 2.05) is 0 Å². The number of nitro groups is 1. The zero-order chi connectivity index (χ0) is 10.4. The number of hydrogen-bond donors (Lipinski definition) is 1. The minimum Gasteiger partial charge on any atom is -0.464 e. The summed E-state index contributed by atoms with van der Waals surface area (Å²) in [6, 6.07) is -1.36. The van der Waals surface area contributed by atoms with Gasteiger partial charge in [0, 0.05) is 11.3 Å². The second kappa shape index (κ2) is 5.47. The molecule has 0 saturated carbocycles.